The Hall–Kier alpha value is -1.59. The number of methoxy groups -OCH3 is 1. The number of carbonyl (C=O) groups excluding carboxylic acids is 1. The highest BCUT2D eigenvalue weighted by Gasteiger charge is 2.30. The number of aromatic nitrogens is 3. The lowest BCUT2D eigenvalue weighted by molar-refractivity contribution is -0.143. The summed E-state index contributed by atoms with van der Waals surface area (Å²) in [7, 11) is 1.38. The molecule has 1 aromatic rings. The van der Waals surface area contributed by atoms with Crippen molar-refractivity contribution in [2.24, 2.45) is 0 Å². The molecule has 0 radical (unpaired) electrons. The third kappa shape index (κ3) is 1.32. The van der Waals surface area contributed by atoms with Crippen LogP contribution in [0.4, 0.5) is 5.95 Å². The molecule has 1 atom stereocenters. The van der Waals surface area contributed by atoms with Crippen molar-refractivity contribution in [1.82, 2.24) is 14.8 Å². The monoisotopic (exact) mass is 196 g/mol. The number of nitrogens with zero attached hydrogens (tertiary/aromatic N) is 3. The summed E-state index contributed by atoms with van der Waals surface area (Å²) in [6, 6.07) is 0. The molecule has 2 heterocycles. The summed E-state index contributed by atoms with van der Waals surface area (Å²) in [6.07, 6.45) is 1.65. The van der Waals surface area contributed by atoms with E-state index in [1.54, 1.807) is 4.68 Å². The van der Waals surface area contributed by atoms with Gasteiger partial charge in [0, 0.05) is 6.54 Å². The Morgan fingerprint density at radius 3 is 3.21 bits per heavy atom. The molecule has 1 aliphatic heterocycles. The van der Waals surface area contributed by atoms with Crippen molar-refractivity contribution in [3.05, 3.63) is 5.82 Å². The number of rotatable bonds is 1. The summed E-state index contributed by atoms with van der Waals surface area (Å²) in [6.45, 7) is 0.771. The van der Waals surface area contributed by atoms with Crippen molar-refractivity contribution in [1.29, 1.82) is 0 Å². The molecule has 0 fully saturated rings. The van der Waals surface area contributed by atoms with Crippen LogP contribution in [0.3, 0.4) is 0 Å². The van der Waals surface area contributed by atoms with Crippen LogP contribution in [0.5, 0.6) is 0 Å². The third-order valence-corrected chi connectivity index (χ3v) is 2.38. The zero-order valence-electron chi connectivity index (χ0n) is 7.93. The van der Waals surface area contributed by atoms with Crippen LogP contribution in [0.15, 0.2) is 0 Å². The first kappa shape index (κ1) is 8.98. The molecule has 1 aromatic heterocycles. The Kier molecular flexibility index (Phi) is 2.11. The van der Waals surface area contributed by atoms with Crippen LogP contribution < -0.4 is 5.73 Å². The van der Waals surface area contributed by atoms with Gasteiger partial charge in [0.05, 0.1) is 7.11 Å². The van der Waals surface area contributed by atoms with Gasteiger partial charge in [-0.1, -0.05) is 0 Å². The number of carbonyl (C=O) groups is 1. The molecule has 14 heavy (non-hydrogen) atoms. The first-order valence-electron chi connectivity index (χ1n) is 4.50. The van der Waals surface area contributed by atoms with E-state index in [1.807, 2.05) is 0 Å². The van der Waals surface area contributed by atoms with Crippen LogP contribution in [0.2, 0.25) is 0 Å². The van der Waals surface area contributed by atoms with Crippen LogP contribution in [0, 0.1) is 0 Å². The van der Waals surface area contributed by atoms with E-state index < -0.39 is 0 Å². The molecule has 0 saturated heterocycles. The molecule has 2 rings (SSSR count). The van der Waals surface area contributed by atoms with E-state index in [2.05, 4.69) is 10.1 Å². The van der Waals surface area contributed by atoms with Gasteiger partial charge in [-0.25, -0.2) is 4.68 Å². The molecule has 0 saturated carbocycles. The van der Waals surface area contributed by atoms with E-state index in [9.17, 15) is 4.79 Å². The minimum Gasteiger partial charge on any atom is -0.468 e. The lowest BCUT2D eigenvalue weighted by atomic mass is 9.99. The van der Waals surface area contributed by atoms with Crippen molar-refractivity contribution >= 4 is 11.9 Å². The summed E-state index contributed by atoms with van der Waals surface area (Å²) in [5.74, 6) is 0.272. The predicted octanol–water partition coefficient (Wildman–Crippen LogP) is -0.0893. The molecule has 1 unspecified atom stereocenters. The Balaban J connectivity index is 2.34. The second kappa shape index (κ2) is 3.28. The Labute approximate surface area is 81.1 Å². The van der Waals surface area contributed by atoms with Crippen molar-refractivity contribution in [2.75, 3.05) is 12.8 Å². The summed E-state index contributed by atoms with van der Waals surface area (Å²) >= 11 is 0. The SMILES string of the molecule is COC(=O)C1CCCn2nc(N)nc21. The number of fused-ring (bicyclic) bond motifs is 1. The first-order valence-corrected chi connectivity index (χ1v) is 4.50. The van der Waals surface area contributed by atoms with E-state index in [0.717, 1.165) is 19.4 Å². The molecular formula is C8H12N4O2. The number of nitrogens with two attached hydrogens (primary N) is 1. The van der Waals surface area contributed by atoms with Crippen molar-refractivity contribution in [3.8, 4) is 0 Å². The minimum absolute atomic E-state index is 0.218. The minimum atomic E-state index is -0.307. The standard InChI is InChI=1S/C8H12N4O2/c1-14-7(13)5-3-2-4-12-6(5)10-8(9)11-12/h5H,2-4H2,1H3,(H2,9,11). The molecule has 2 N–H and O–H groups in total. The van der Waals surface area contributed by atoms with E-state index >= 15 is 0 Å². The van der Waals surface area contributed by atoms with E-state index in [-0.39, 0.29) is 17.8 Å². The molecule has 0 amide bonds. The first-order chi connectivity index (χ1) is 6.72. The van der Waals surface area contributed by atoms with Crippen LogP contribution in [-0.4, -0.2) is 27.8 Å². The summed E-state index contributed by atoms with van der Waals surface area (Å²) in [5, 5.41) is 3.99. The van der Waals surface area contributed by atoms with Crippen molar-refractivity contribution in [2.45, 2.75) is 25.3 Å². The fourth-order valence-electron chi connectivity index (χ4n) is 1.73. The quantitative estimate of drug-likeness (QED) is 0.635. The molecule has 1 aliphatic rings. The fourth-order valence-corrected chi connectivity index (χ4v) is 1.73. The van der Waals surface area contributed by atoms with Crippen LogP contribution >= 0.6 is 0 Å². The number of nitrogen functional groups attached to an aromatic ring is 1. The van der Waals surface area contributed by atoms with Gasteiger partial charge in [-0.2, -0.15) is 4.98 Å². The second-order valence-corrected chi connectivity index (χ2v) is 3.27. The number of hydrogen-bond donors (Lipinski definition) is 1. The van der Waals surface area contributed by atoms with Gasteiger partial charge in [0.15, 0.2) is 0 Å². The Morgan fingerprint density at radius 2 is 2.50 bits per heavy atom. The lowest BCUT2D eigenvalue weighted by Gasteiger charge is -2.19. The Bertz CT molecular complexity index is 360. The smallest absolute Gasteiger partial charge is 0.316 e. The van der Waals surface area contributed by atoms with Crippen molar-refractivity contribution < 1.29 is 9.53 Å². The molecule has 0 spiro atoms. The average Bonchev–Trinajstić information content (AvgIpc) is 2.56. The Morgan fingerprint density at radius 1 is 1.71 bits per heavy atom. The van der Waals surface area contributed by atoms with E-state index in [4.69, 9.17) is 10.5 Å². The van der Waals surface area contributed by atoms with Crippen LogP contribution in [-0.2, 0) is 16.1 Å². The number of aryl methyl sites for hydroxylation is 1. The largest absolute Gasteiger partial charge is 0.468 e. The van der Waals surface area contributed by atoms with Gasteiger partial charge >= 0.3 is 5.97 Å². The maximum absolute atomic E-state index is 11.4. The molecular weight excluding hydrogens is 184 g/mol. The van der Waals surface area contributed by atoms with Gasteiger partial charge in [0.1, 0.15) is 11.7 Å². The number of ether oxygens (including phenoxy) is 1. The van der Waals surface area contributed by atoms with Crippen LogP contribution in [0.25, 0.3) is 0 Å². The van der Waals surface area contributed by atoms with Gasteiger partial charge in [-0.3, -0.25) is 4.79 Å². The predicted molar refractivity (Wildman–Crippen MR) is 48.4 cm³/mol. The summed E-state index contributed by atoms with van der Waals surface area (Å²) in [5.41, 5.74) is 5.47. The lowest BCUT2D eigenvalue weighted by Crippen LogP contribution is -2.24. The molecule has 76 valence electrons. The zero-order chi connectivity index (χ0) is 10.1. The number of hydrogen-bond acceptors (Lipinski definition) is 5. The average molecular weight is 196 g/mol. The van der Waals surface area contributed by atoms with Gasteiger partial charge in [0.25, 0.3) is 0 Å². The highest BCUT2D eigenvalue weighted by atomic mass is 16.5. The molecule has 0 bridgehead atoms. The summed E-state index contributed by atoms with van der Waals surface area (Å²) in [4.78, 5) is 15.4. The van der Waals surface area contributed by atoms with E-state index in [0.29, 0.717) is 5.82 Å². The van der Waals surface area contributed by atoms with Crippen molar-refractivity contribution in [3.63, 3.8) is 0 Å². The third-order valence-electron chi connectivity index (χ3n) is 2.38. The highest BCUT2D eigenvalue weighted by molar-refractivity contribution is 5.77. The maximum Gasteiger partial charge on any atom is 0.316 e. The normalized spacial score (nSPS) is 20.2. The van der Waals surface area contributed by atoms with Gasteiger partial charge < -0.3 is 10.5 Å². The second-order valence-electron chi connectivity index (χ2n) is 3.27. The number of anilines is 1. The van der Waals surface area contributed by atoms with Gasteiger partial charge in [0.2, 0.25) is 5.95 Å². The maximum atomic E-state index is 11.4. The van der Waals surface area contributed by atoms with Gasteiger partial charge in [-0.15, -0.1) is 5.10 Å². The zero-order valence-corrected chi connectivity index (χ0v) is 7.93. The molecule has 0 aliphatic carbocycles. The molecule has 0 aromatic carbocycles. The molecule has 6 heteroatoms. The van der Waals surface area contributed by atoms with Gasteiger partial charge in [-0.05, 0) is 12.8 Å². The highest BCUT2D eigenvalue weighted by Crippen LogP contribution is 2.26. The summed E-state index contributed by atoms with van der Waals surface area (Å²) < 4.78 is 6.38. The fraction of sp³-hybridized carbons (Fsp3) is 0.625. The topological polar surface area (TPSA) is 83.0 Å². The van der Waals surface area contributed by atoms with E-state index in [1.165, 1.54) is 7.11 Å². The molecule has 6 nitrogen and oxygen atoms in total. The number of esters is 1. The van der Waals surface area contributed by atoms with Crippen LogP contribution in [0.1, 0.15) is 24.6 Å².